The molecule has 7 heteroatoms. The molecule has 34 heavy (non-hydrogen) atoms. The number of nitrogens with zero attached hydrogens (tertiary/aromatic N) is 3. The summed E-state index contributed by atoms with van der Waals surface area (Å²) in [5, 5.41) is 0. The Balaban J connectivity index is 1.47. The highest BCUT2D eigenvalue weighted by Gasteiger charge is 2.42. The average Bonchev–Trinajstić information content (AvgIpc) is 3.54. The molecule has 2 aliphatic rings. The minimum Gasteiger partial charge on any atom is -0.441 e. The molecule has 2 atom stereocenters. The number of carbonyl (C=O) groups excluding carboxylic acids is 1. The van der Waals surface area contributed by atoms with Crippen LogP contribution in [-0.4, -0.2) is 34.3 Å². The van der Waals surface area contributed by atoms with Gasteiger partial charge in [-0.05, 0) is 61.6 Å². The summed E-state index contributed by atoms with van der Waals surface area (Å²) in [6.45, 7) is 3.97. The first-order chi connectivity index (χ1) is 16.4. The fourth-order valence-electron chi connectivity index (χ4n) is 6.01. The second kappa shape index (κ2) is 9.28. The van der Waals surface area contributed by atoms with Crippen LogP contribution in [-0.2, 0) is 17.7 Å². The van der Waals surface area contributed by atoms with Crippen molar-refractivity contribution in [1.82, 2.24) is 9.55 Å². The average molecular weight is 465 g/mol. The Morgan fingerprint density at radius 3 is 2.85 bits per heavy atom. The fraction of sp³-hybridized carbons (Fsp3) is 0.481. The van der Waals surface area contributed by atoms with Crippen molar-refractivity contribution in [2.24, 2.45) is 17.6 Å². The topological polar surface area (TPSA) is 73.4 Å². The van der Waals surface area contributed by atoms with Gasteiger partial charge in [0.2, 0.25) is 0 Å². The van der Waals surface area contributed by atoms with Crippen LogP contribution in [0.25, 0.3) is 11.0 Å². The third-order valence-electron chi connectivity index (χ3n) is 7.77. The quantitative estimate of drug-likeness (QED) is 0.492. The first-order valence-corrected chi connectivity index (χ1v) is 12.3. The van der Waals surface area contributed by atoms with Crippen molar-refractivity contribution in [2.45, 2.75) is 57.6 Å². The van der Waals surface area contributed by atoms with Crippen LogP contribution in [0.3, 0.4) is 0 Å². The number of para-hydroxylation sites is 2. The third kappa shape index (κ3) is 4.61. The summed E-state index contributed by atoms with van der Waals surface area (Å²) in [4.78, 5) is 18.9. The number of nitrogens with two attached hydrogens (primary N) is 1. The monoisotopic (exact) mass is 464 g/mol. The van der Waals surface area contributed by atoms with Gasteiger partial charge in [-0.2, -0.15) is 0 Å². The molecule has 1 aliphatic heterocycles. The van der Waals surface area contributed by atoms with Crippen LogP contribution in [0, 0.1) is 17.7 Å². The Morgan fingerprint density at radius 1 is 1.26 bits per heavy atom. The normalized spacial score (nSPS) is 18.7. The standard InChI is InChI=1S/C27H33FN4O2/c1-27(34-26(29)33,17-31-13-12-20-15-22(28)10-11-24(20)31)21(14-19-6-2-3-7-19)16-32-18-30-23-8-4-5-9-25(23)32/h4-5,8-11,15,18-19,21H,2-3,6-7,12-14,16-17H2,1H3,(H2,29,33)/t21-,27+/m0/s1. The summed E-state index contributed by atoms with van der Waals surface area (Å²) in [6.07, 6.45) is 7.78. The second-order valence-electron chi connectivity index (χ2n) is 10.1. The molecule has 5 rings (SSSR count). The lowest BCUT2D eigenvalue weighted by atomic mass is 9.80. The van der Waals surface area contributed by atoms with E-state index in [1.54, 1.807) is 6.07 Å². The number of carbonyl (C=O) groups is 1. The minimum atomic E-state index is -0.810. The molecule has 1 aliphatic carbocycles. The zero-order valence-corrected chi connectivity index (χ0v) is 19.8. The van der Waals surface area contributed by atoms with E-state index in [1.165, 1.54) is 31.7 Å². The molecule has 2 aromatic carbocycles. The number of fused-ring (bicyclic) bond motifs is 2. The van der Waals surface area contributed by atoms with Crippen molar-refractivity contribution < 1.29 is 13.9 Å². The van der Waals surface area contributed by atoms with E-state index in [1.807, 2.05) is 37.5 Å². The molecule has 0 spiro atoms. The van der Waals surface area contributed by atoms with Gasteiger partial charge < -0.3 is 19.9 Å². The minimum absolute atomic E-state index is 0.0465. The smallest absolute Gasteiger partial charge is 0.405 e. The maximum absolute atomic E-state index is 13.8. The number of halogens is 1. The zero-order valence-electron chi connectivity index (χ0n) is 19.8. The molecular weight excluding hydrogens is 431 g/mol. The first kappa shape index (κ1) is 22.7. The van der Waals surface area contributed by atoms with Gasteiger partial charge in [-0.15, -0.1) is 0 Å². The Morgan fingerprint density at radius 2 is 2.06 bits per heavy atom. The van der Waals surface area contributed by atoms with Gasteiger partial charge in [0, 0.05) is 24.7 Å². The van der Waals surface area contributed by atoms with Crippen LogP contribution in [0.1, 0.15) is 44.6 Å². The molecule has 2 heterocycles. The van der Waals surface area contributed by atoms with E-state index in [2.05, 4.69) is 20.5 Å². The van der Waals surface area contributed by atoms with E-state index in [0.717, 1.165) is 41.7 Å². The number of primary amides is 1. The van der Waals surface area contributed by atoms with E-state index >= 15 is 0 Å². The number of aromatic nitrogens is 2. The molecule has 1 saturated carbocycles. The second-order valence-corrected chi connectivity index (χ2v) is 10.1. The summed E-state index contributed by atoms with van der Waals surface area (Å²) < 4.78 is 21.9. The van der Waals surface area contributed by atoms with Gasteiger partial charge in [0.1, 0.15) is 11.4 Å². The number of benzene rings is 2. The van der Waals surface area contributed by atoms with Gasteiger partial charge in [0.25, 0.3) is 0 Å². The summed E-state index contributed by atoms with van der Waals surface area (Å²) in [6, 6.07) is 13.0. The number of imidazole rings is 1. The van der Waals surface area contributed by atoms with Gasteiger partial charge in [-0.25, -0.2) is 14.2 Å². The summed E-state index contributed by atoms with van der Waals surface area (Å²) in [5.74, 6) is 0.434. The SMILES string of the molecule is C[C@](CN1CCc2cc(F)ccc21)(OC(N)=O)[C@@H](CC1CCCC1)Cn1cnc2ccccc21. The highest BCUT2D eigenvalue weighted by atomic mass is 19.1. The molecule has 1 amide bonds. The number of ether oxygens (including phenoxy) is 1. The maximum atomic E-state index is 13.8. The number of anilines is 1. The Labute approximate surface area is 199 Å². The maximum Gasteiger partial charge on any atom is 0.405 e. The van der Waals surface area contributed by atoms with E-state index < -0.39 is 11.7 Å². The lowest BCUT2D eigenvalue weighted by molar-refractivity contribution is -0.0239. The van der Waals surface area contributed by atoms with Gasteiger partial charge in [0.05, 0.1) is 23.9 Å². The number of rotatable bonds is 8. The van der Waals surface area contributed by atoms with Gasteiger partial charge in [0.15, 0.2) is 0 Å². The van der Waals surface area contributed by atoms with Crippen molar-refractivity contribution in [3.05, 3.63) is 60.2 Å². The Bertz CT molecular complexity index is 1170. The summed E-state index contributed by atoms with van der Waals surface area (Å²) >= 11 is 0. The molecular formula is C27H33FN4O2. The van der Waals surface area contributed by atoms with Crippen LogP contribution in [0.4, 0.5) is 14.9 Å². The largest absolute Gasteiger partial charge is 0.441 e. The van der Waals surface area contributed by atoms with Gasteiger partial charge in [-0.3, -0.25) is 0 Å². The van der Waals surface area contributed by atoms with Crippen LogP contribution >= 0.6 is 0 Å². The van der Waals surface area contributed by atoms with Crippen LogP contribution in [0.5, 0.6) is 0 Å². The highest BCUT2D eigenvalue weighted by molar-refractivity contribution is 5.75. The lowest BCUT2D eigenvalue weighted by Crippen LogP contribution is -2.51. The number of amides is 1. The molecule has 3 aromatic rings. The van der Waals surface area contributed by atoms with Gasteiger partial charge >= 0.3 is 6.09 Å². The van der Waals surface area contributed by atoms with Crippen molar-refractivity contribution in [3.8, 4) is 0 Å². The Kier molecular flexibility index (Phi) is 6.19. The summed E-state index contributed by atoms with van der Waals surface area (Å²) in [7, 11) is 0. The van der Waals surface area contributed by atoms with Crippen molar-refractivity contribution in [3.63, 3.8) is 0 Å². The molecule has 2 N–H and O–H groups in total. The first-order valence-electron chi connectivity index (χ1n) is 12.3. The van der Waals surface area contributed by atoms with Crippen molar-refractivity contribution >= 4 is 22.8 Å². The predicted molar refractivity (Wildman–Crippen MR) is 131 cm³/mol. The molecule has 180 valence electrons. The predicted octanol–water partition coefficient (Wildman–Crippen LogP) is 5.29. The van der Waals surface area contributed by atoms with Crippen molar-refractivity contribution in [2.75, 3.05) is 18.0 Å². The molecule has 0 radical (unpaired) electrons. The number of hydrogen-bond donors (Lipinski definition) is 1. The molecule has 0 unspecified atom stereocenters. The van der Waals surface area contributed by atoms with Crippen molar-refractivity contribution in [1.29, 1.82) is 0 Å². The van der Waals surface area contributed by atoms with E-state index in [4.69, 9.17) is 10.5 Å². The molecule has 0 saturated heterocycles. The van der Waals surface area contributed by atoms with Crippen LogP contribution < -0.4 is 10.6 Å². The van der Waals surface area contributed by atoms with E-state index in [0.29, 0.717) is 19.0 Å². The van der Waals surface area contributed by atoms with Crippen LogP contribution in [0.15, 0.2) is 48.8 Å². The molecule has 6 nitrogen and oxygen atoms in total. The fourth-order valence-corrected chi connectivity index (χ4v) is 6.01. The summed E-state index contributed by atoms with van der Waals surface area (Å²) in [5.41, 5.74) is 8.85. The van der Waals surface area contributed by atoms with Gasteiger partial charge in [-0.1, -0.05) is 37.8 Å². The molecule has 0 bridgehead atoms. The number of hydrogen-bond acceptors (Lipinski definition) is 4. The molecule has 1 aromatic heterocycles. The lowest BCUT2D eigenvalue weighted by Gasteiger charge is -2.41. The van der Waals surface area contributed by atoms with E-state index in [-0.39, 0.29) is 11.7 Å². The molecule has 1 fully saturated rings. The van der Waals surface area contributed by atoms with Crippen LogP contribution in [0.2, 0.25) is 0 Å². The highest BCUT2D eigenvalue weighted by Crippen LogP contribution is 2.39. The third-order valence-corrected chi connectivity index (χ3v) is 7.77. The zero-order chi connectivity index (χ0) is 23.7. The Hall–Kier alpha value is -3.09. The van der Waals surface area contributed by atoms with E-state index in [9.17, 15) is 9.18 Å².